The summed E-state index contributed by atoms with van der Waals surface area (Å²) in [5, 5.41) is 0. The maximum atomic E-state index is 4.05. The molecule has 0 aliphatic carbocycles. The fourth-order valence-corrected chi connectivity index (χ4v) is 0.829. The van der Waals surface area contributed by atoms with Gasteiger partial charge in [-0.2, -0.15) is 0 Å². The molecule has 0 aromatic carbocycles. The maximum Gasteiger partial charge on any atom is 0.117 e. The Morgan fingerprint density at radius 2 is 1.92 bits per heavy atom. The second-order valence-electron chi connectivity index (χ2n) is 2.14. The monoisotopic (exact) mass is 157 g/mol. The van der Waals surface area contributed by atoms with E-state index in [1.54, 1.807) is 24.8 Å². The molecular formula is C8H5N4. The number of rotatable bonds is 1. The summed E-state index contributed by atoms with van der Waals surface area (Å²) in [5.41, 5.74) is 1.49. The summed E-state index contributed by atoms with van der Waals surface area (Å²) in [7, 11) is 0. The van der Waals surface area contributed by atoms with E-state index in [4.69, 9.17) is 0 Å². The van der Waals surface area contributed by atoms with Crippen molar-refractivity contribution < 1.29 is 0 Å². The molecule has 0 bridgehead atoms. The van der Waals surface area contributed by atoms with Crippen LogP contribution in [0.1, 0.15) is 0 Å². The average Bonchev–Trinajstić information content (AvgIpc) is 2.21. The molecule has 0 fully saturated rings. The van der Waals surface area contributed by atoms with E-state index in [0.717, 1.165) is 5.56 Å². The SMILES string of the molecule is [c]1nccnc1-c1cncnc1. The van der Waals surface area contributed by atoms with Gasteiger partial charge < -0.3 is 0 Å². The van der Waals surface area contributed by atoms with E-state index in [9.17, 15) is 0 Å². The fourth-order valence-electron chi connectivity index (χ4n) is 0.829. The van der Waals surface area contributed by atoms with E-state index in [1.807, 2.05) is 0 Å². The minimum atomic E-state index is 0.665. The topological polar surface area (TPSA) is 51.6 Å². The lowest BCUT2D eigenvalue weighted by Gasteiger charge is -1.94. The van der Waals surface area contributed by atoms with Gasteiger partial charge in [0.05, 0.1) is 0 Å². The highest BCUT2D eigenvalue weighted by atomic mass is 14.8. The molecule has 0 N–H and O–H groups in total. The van der Waals surface area contributed by atoms with Gasteiger partial charge in [-0.05, 0) is 0 Å². The number of hydrogen-bond donors (Lipinski definition) is 0. The van der Waals surface area contributed by atoms with Crippen molar-refractivity contribution in [1.82, 2.24) is 19.9 Å². The first-order chi connectivity index (χ1) is 5.97. The van der Waals surface area contributed by atoms with Gasteiger partial charge in [0.2, 0.25) is 0 Å². The molecule has 0 atom stereocenters. The second kappa shape index (κ2) is 3.04. The maximum absolute atomic E-state index is 4.05. The third kappa shape index (κ3) is 1.27. The Morgan fingerprint density at radius 3 is 2.58 bits per heavy atom. The van der Waals surface area contributed by atoms with E-state index in [1.165, 1.54) is 6.33 Å². The van der Waals surface area contributed by atoms with E-state index < -0.39 is 0 Å². The molecular weight excluding hydrogens is 152 g/mol. The Balaban J connectivity index is 2.46. The van der Waals surface area contributed by atoms with Crippen LogP contribution in [0.25, 0.3) is 11.3 Å². The van der Waals surface area contributed by atoms with Crippen LogP contribution in [0, 0.1) is 6.20 Å². The van der Waals surface area contributed by atoms with Gasteiger partial charge in [0.25, 0.3) is 0 Å². The van der Waals surface area contributed by atoms with Crippen LogP contribution in [0.2, 0.25) is 0 Å². The van der Waals surface area contributed by atoms with E-state index >= 15 is 0 Å². The summed E-state index contributed by atoms with van der Waals surface area (Å²) in [6.07, 6.45) is 10.8. The minimum absolute atomic E-state index is 0.665. The second-order valence-corrected chi connectivity index (χ2v) is 2.14. The molecule has 0 unspecified atom stereocenters. The van der Waals surface area contributed by atoms with Crippen LogP contribution in [0.5, 0.6) is 0 Å². The summed E-state index contributed by atoms with van der Waals surface area (Å²) in [6, 6.07) is 0. The summed E-state index contributed by atoms with van der Waals surface area (Å²) in [4.78, 5) is 15.6. The van der Waals surface area contributed by atoms with Crippen LogP contribution in [0.4, 0.5) is 0 Å². The lowest BCUT2D eigenvalue weighted by molar-refractivity contribution is 1.14. The summed E-state index contributed by atoms with van der Waals surface area (Å²) in [5.74, 6) is 0. The van der Waals surface area contributed by atoms with Crippen molar-refractivity contribution in [2.45, 2.75) is 0 Å². The van der Waals surface area contributed by atoms with Crippen LogP contribution in [-0.4, -0.2) is 19.9 Å². The zero-order chi connectivity index (χ0) is 8.23. The third-order valence-corrected chi connectivity index (χ3v) is 1.35. The Kier molecular flexibility index (Phi) is 1.74. The zero-order valence-electron chi connectivity index (χ0n) is 6.18. The Hall–Kier alpha value is -1.84. The molecule has 0 spiro atoms. The highest BCUT2D eigenvalue weighted by Crippen LogP contribution is 2.09. The van der Waals surface area contributed by atoms with Gasteiger partial charge in [-0.25, -0.2) is 9.97 Å². The molecule has 0 saturated carbocycles. The molecule has 57 valence electrons. The quantitative estimate of drug-likeness (QED) is 0.612. The van der Waals surface area contributed by atoms with Crippen molar-refractivity contribution in [2.24, 2.45) is 0 Å². The number of aromatic nitrogens is 4. The largest absolute Gasteiger partial charge is 0.252 e. The zero-order valence-corrected chi connectivity index (χ0v) is 6.18. The Morgan fingerprint density at radius 1 is 1.08 bits per heavy atom. The third-order valence-electron chi connectivity index (χ3n) is 1.35. The first kappa shape index (κ1) is 6.84. The standard InChI is InChI=1S/C8H5N4/c1-2-12-8(5-9-1)7-3-10-6-11-4-7/h1-4,6H. The molecule has 0 aliphatic rings. The lowest BCUT2D eigenvalue weighted by Crippen LogP contribution is -1.86. The highest BCUT2D eigenvalue weighted by Gasteiger charge is 1.97. The van der Waals surface area contributed by atoms with Crippen molar-refractivity contribution in [3.05, 3.63) is 37.3 Å². The van der Waals surface area contributed by atoms with Crippen molar-refractivity contribution in [3.8, 4) is 11.3 Å². The van der Waals surface area contributed by atoms with Gasteiger partial charge in [0.15, 0.2) is 0 Å². The normalized spacial score (nSPS) is 9.67. The van der Waals surface area contributed by atoms with Gasteiger partial charge in [0.1, 0.15) is 18.2 Å². The predicted octanol–water partition coefficient (Wildman–Crippen LogP) is 0.734. The summed E-state index contributed by atoms with van der Waals surface area (Å²) in [6.45, 7) is 0. The fraction of sp³-hybridized carbons (Fsp3) is 0. The Labute approximate surface area is 69.4 Å². The lowest BCUT2D eigenvalue weighted by atomic mass is 10.2. The molecule has 0 amide bonds. The Bertz CT molecular complexity index is 308. The van der Waals surface area contributed by atoms with Gasteiger partial charge in [-0.3, -0.25) is 9.97 Å². The predicted molar refractivity (Wildman–Crippen MR) is 41.9 cm³/mol. The van der Waals surface area contributed by atoms with Crippen molar-refractivity contribution in [3.63, 3.8) is 0 Å². The van der Waals surface area contributed by atoms with Crippen LogP contribution in [-0.2, 0) is 0 Å². The molecule has 4 heteroatoms. The van der Waals surface area contributed by atoms with Gasteiger partial charge in [-0.15, -0.1) is 0 Å². The van der Waals surface area contributed by atoms with Crippen molar-refractivity contribution in [2.75, 3.05) is 0 Å². The first-order valence-corrected chi connectivity index (χ1v) is 3.41. The molecule has 2 rings (SSSR count). The molecule has 2 heterocycles. The number of nitrogens with zero attached hydrogens (tertiary/aromatic N) is 4. The summed E-state index contributed by atoms with van der Waals surface area (Å²) >= 11 is 0. The molecule has 4 nitrogen and oxygen atoms in total. The average molecular weight is 157 g/mol. The van der Waals surface area contributed by atoms with Crippen molar-refractivity contribution in [1.29, 1.82) is 0 Å². The highest BCUT2D eigenvalue weighted by molar-refractivity contribution is 5.53. The smallest absolute Gasteiger partial charge is 0.117 e. The van der Waals surface area contributed by atoms with Crippen LogP contribution >= 0.6 is 0 Å². The van der Waals surface area contributed by atoms with E-state index in [0.29, 0.717) is 5.69 Å². The minimum Gasteiger partial charge on any atom is -0.252 e. The molecule has 12 heavy (non-hydrogen) atoms. The molecule has 1 radical (unpaired) electrons. The first-order valence-electron chi connectivity index (χ1n) is 3.41. The van der Waals surface area contributed by atoms with Gasteiger partial charge in [0, 0.05) is 30.4 Å². The van der Waals surface area contributed by atoms with E-state index in [2.05, 4.69) is 26.1 Å². The molecule has 0 aliphatic heterocycles. The molecule has 0 saturated heterocycles. The summed E-state index contributed by atoms with van der Waals surface area (Å²) < 4.78 is 0. The van der Waals surface area contributed by atoms with Crippen molar-refractivity contribution >= 4 is 0 Å². The number of hydrogen-bond acceptors (Lipinski definition) is 4. The van der Waals surface area contributed by atoms with Crippen LogP contribution in [0.15, 0.2) is 31.1 Å². The van der Waals surface area contributed by atoms with E-state index in [-0.39, 0.29) is 0 Å². The van der Waals surface area contributed by atoms with Gasteiger partial charge in [-0.1, -0.05) is 0 Å². The van der Waals surface area contributed by atoms with Gasteiger partial charge >= 0.3 is 0 Å². The van der Waals surface area contributed by atoms with Crippen LogP contribution in [0.3, 0.4) is 0 Å². The molecule has 2 aromatic rings. The molecule has 2 aromatic heterocycles. The van der Waals surface area contributed by atoms with Crippen LogP contribution < -0.4 is 0 Å².